The molecule has 0 fully saturated rings. The Labute approximate surface area is 99.5 Å². The Morgan fingerprint density at radius 3 is 2.35 bits per heavy atom. The van der Waals surface area contributed by atoms with Gasteiger partial charge in [-0.1, -0.05) is 0 Å². The maximum absolute atomic E-state index is 11.4. The molecule has 2 atom stereocenters. The highest BCUT2D eigenvalue weighted by molar-refractivity contribution is 5.88. The standard InChI is InChI=1S/C10H19N3O4/c1-6(11)3-2-4-9(15)13-7(10(16)17)5-8(12)14/h6-7H,2-5,11H2,1H3,(H2,12,14)(H,13,15)(H,16,17)/t6?,7-/m1/s1. The number of nitrogens with two attached hydrogens (primary N) is 2. The first kappa shape index (κ1) is 15.4. The molecular weight excluding hydrogens is 226 g/mol. The van der Waals surface area contributed by atoms with Gasteiger partial charge >= 0.3 is 5.97 Å². The van der Waals surface area contributed by atoms with Gasteiger partial charge in [0.15, 0.2) is 0 Å². The molecule has 0 aromatic rings. The largest absolute Gasteiger partial charge is 0.480 e. The molecule has 0 aliphatic heterocycles. The number of amides is 2. The van der Waals surface area contributed by atoms with E-state index in [0.717, 1.165) is 0 Å². The van der Waals surface area contributed by atoms with E-state index in [1.54, 1.807) is 0 Å². The summed E-state index contributed by atoms with van der Waals surface area (Å²) in [6.45, 7) is 1.82. The third kappa shape index (κ3) is 8.21. The zero-order chi connectivity index (χ0) is 13.4. The van der Waals surface area contributed by atoms with Gasteiger partial charge in [0.05, 0.1) is 6.42 Å². The first-order chi connectivity index (χ1) is 7.82. The van der Waals surface area contributed by atoms with Crippen molar-refractivity contribution in [2.75, 3.05) is 0 Å². The van der Waals surface area contributed by atoms with Gasteiger partial charge in [-0.15, -0.1) is 0 Å². The van der Waals surface area contributed by atoms with E-state index in [4.69, 9.17) is 16.6 Å². The minimum atomic E-state index is -1.27. The number of carbonyl (C=O) groups excluding carboxylic acids is 2. The summed E-state index contributed by atoms with van der Waals surface area (Å²) in [4.78, 5) is 32.7. The number of aliphatic carboxylic acids is 1. The van der Waals surface area contributed by atoms with Gasteiger partial charge in [0.1, 0.15) is 6.04 Å². The van der Waals surface area contributed by atoms with Gasteiger partial charge in [0, 0.05) is 12.5 Å². The molecule has 0 rings (SSSR count). The molecule has 0 radical (unpaired) electrons. The lowest BCUT2D eigenvalue weighted by Crippen LogP contribution is -2.43. The predicted molar refractivity (Wildman–Crippen MR) is 60.9 cm³/mol. The quantitative estimate of drug-likeness (QED) is 0.432. The summed E-state index contributed by atoms with van der Waals surface area (Å²) in [5, 5.41) is 11.0. The summed E-state index contributed by atoms with van der Waals surface area (Å²) >= 11 is 0. The van der Waals surface area contributed by atoms with E-state index in [-0.39, 0.29) is 12.5 Å². The fourth-order valence-electron chi connectivity index (χ4n) is 1.25. The van der Waals surface area contributed by atoms with Gasteiger partial charge in [-0.2, -0.15) is 0 Å². The van der Waals surface area contributed by atoms with Gasteiger partial charge in [0.25, 0.3) is 0 Å². The van der Waals surface area contributed by atoms with Crippen LogP contribution in [0.5, 0.6) is 0 Å². The van der Waals surface area contributed by atoms with Gasteiger partial charge in [-0.3, -0.25) is 9.59 Å². The Hall–Kier alpha value is -1.63. The number of nitrogens with one attached hydrogen (secondary N) is 1. The third-order valence-electron chi connectivity index (χ3n) is 2.10. The van der Waals surface area contributed by atoms with E-state index in [2.05, 4.69) is 5.32 Å². The van der Waals surface area contributed by atoms with Crippen molar-refractivity contribution in [1.82, 2.24) is 5.32 Å². The van der Waals surface area contributed by atoms with Crippen LogP contribution in [-0.4, -0.2) is 35.0 Å². The molecule has 0 aliphatic carbocycles. The van der Waals surface area contributed by atoms with Gasteiger partial charge in [-0.05, 0) is 19.8 Å². The second kappa shape index (κ2) is 7.61. The van der Waals surface area contributed by atoms with Crippen molar-refractivity contribution in [3.63, 3.8) is 0 Å². The van der Waals surface area contributed by atoms with Crippen LogP contribution in [0.25, 0.3) is 0 Å². The molecule has 0 heterocycles. The lowest BCUT2D eigenvalue weighted by Gasteiger charge is -2.12. The maximum Gasteiger partial charge on any atom is 0.326 e. The molecule has 7 heteroatoms. The van der Waals surface area contributed by atoms with Crippen molar-refractivity contribution >= 4 is 17.8 Å². The van der Waals surface area contributed by atoms with E-state index in [1.165, 1.54) is 0 Å². The van der Waals surface area contributed by atoms with Crippen molar-refractivity contribution in [1.29, 1.82) is 0 Å². The number of carboxylic acid groups (broad SMARTS) is 1. The van der Waals surface area contributed by atoms with Crippen molar-refractivity contribution in [3.8, 4) is 0 Å². The summed E-state index contributed by atoms with van der Waals surface area (Å²) in [5.74, 6) is -2.46. The van der Waals surface area contributed by atoms with Crippen molar-refractivity contribution in [3.05, 3.63) is 0 Å². The van der Waals surface area contributed by atoms with E-state index >= 15 is 0 Å². The molecular formula is C10H19N3O4. The number of carbonyl (C=O) groups is 3. The Kier molecular flexibility index (Phi) is 6.88. The molecule has 0 saturated carbocycles. The summed E-state index contributed by atoms with van der Waals surface area (Å²) in [6, 6.07) is -1.25. The Balaban J connectivity index is 4.04. The van der Waals surface area contributed by atoms with Crippen LogP contribution in [0.2, 0.25) is 0 Å². The van der Waals surface area contributed by atoms with Gasteiger partial charge in [-0.25, -0.2) is 4.79 Å². The fourth-order valence-corrected chi connectivity index (χ4v) is 1.25. The van der Waals surface area contributed by atoms with Crippen LogP contribution >= 0.6 is 0 Å². The molecule has 0 spiro atoms. The van der Waals surface area contributed by atoms with Gasteiger partial charge < -0.3 is 21.9 Å². The number of primary amides is 1. The first-order valence-corrected chi connectivity index (χ1v) is 5.39. The van der Waals surface area contributed by atoms with Crippen LogP contribution in [0.4, 0.5) is 0 Å². The summed E-state index contributed by atoms with van der Waals surface area (Å²) in [5.41, 5.74) is 10.4. The molecule has 6 N–H and O–H groups in total. The number of carboxylic acids is 1. The molecule has 0 bridgehead atoms. The molecule has 7 nitrogen and oxygen atoms in total. The summed E-state index contributed by atoms with van der Waals surface area (Å²) in [6.07, 6.45) is 1.03. The van der Waals surface area contributed by atoms with E-state index < -0.39 is 30.2 Å². The van der Waals surface area contributed by atoms with Crippen LogP contribution in [0.1, 0.15) is 32.6 Å². The second-order valence-corrected chi connectivity index (χ2v) is 4.00. The van der Waals surface area contributed by atoms with Crippen LogP contribution in [0.3, 0.4) is 0 Å². The van der Waals surface area contributed by atoms with Crippen molar-refractivity contribution < 1.29 is 19.5 Å². The lowest BCUT2D eigenvalue weighted by molar-refractivity contribution is -0.143. The molecule has 17 heavy (non-hydrogen) atoms. The minimum absolute atomic E-state index is 0.00342. The monoisotopic (exact) mass is 245 g/mol. The zero-order valence-corrected chi connectivity index (χ0v) is 9.81. The first-order valence-electron chi connectivity index (χ1n) is 5.39. The minimum Gasteiger partial charge on any atom is -0.480 e. The van der Waals surface area contributed by atoms with E-state index in [9.17, 15) is 14.4 Å². The van der Waals surface area contributed by atoms with Crippen LogP contribution in [0, 0.1) is 0 Å². The average molecular weight is 245 g/mol. The van der Waals surface area contributed by atoms with Gasteiger partial charge in [0.2, 0.25) is 11.8 Å². The average Bonchev–Trinajstić information content (AvgIpc) is 2.15. The maximum atomic E-state index is 11.4. The SMILES string of the molecule is CC(N)CCCC(=O)N[C@H](CC(N)=O)C(=O)O. The second-order valence-electron chi connectivity index (χ2n) is 4.00. The number of hydrogen-bond acceptors (Lipinski definition) is 4. The Morgan fingerprint density at radius 2 is 1.94 bits per heavy atom. The molecule has 2 amide bonds. The molecule has 0 aliphatic rings. The topological polar surface area (TPSA) is 136 Å². The molecule has 0 saturated heterocycles. The normalized spacial score (nSPS) is 13.8. The number of rotatable bonds is 8. The predicted octanol–water partition coefficient (Wildman–Crippen LogP) is -1.05. The number of hydrogen-bond donors (Lipinski definition) is 4. The van der Waals surface area contributed by atoms with Crippen molar-refractivity contribution in [2.45, 2.75) is 44.7 Å². The lowest BCUT2D eigenvalue weighted by atomic mass is 10.1. The van der Waals surface area contributed by atoms with E-state index in [0.29, 0.717) is 12.8 Å². The third-order valence-corrected chi connectivity index (χ3v) is 2.10. The Morgan fingerprint density at radius 1 is 1.35 bits per heavy atom. The highest BCUT2D eigenvalue weighted by atomic mass is 16.4. The highest BCUT2D eigenvalue weighted by Crippen LogP contribution is 2.00. The van der Waals surface area contributed by atoms with Crippen LogP contribution < -0.4 is 16.8 Å². The Bertz CT molecular complexity index is 291. The van der Waals surface area contributed by atoms with Crippen LogP contribution in [-0.2, 0) is 14.4 Å². The summed E-state index contributed by atoms with van der Waals surface area (Å²) < 4.78 is 0. The molecule has 0 aromatic carbocycles. The zero-order valence-electron chi connectivity index (χ0n) is 9.81. The van der Waals surface area contributed by atoms with Crippen LogP contribution in [0.15, 0.2) is 0 Å². The van der Waals surface area contributed by atoms with Crippen molar-refractivity contribution in [2.24, 2.45) is 11.5 Å². The highest BCUT2D eigenvalue weighted by Gasteiger charge is 2.21. The van der Waals surface area contributed by atoms with E-state index in [1.807, 2.05) is 6.92 Å². The molecule has 98 valence electrons. The molecule has 0 aromatic heterocycles. The molecule has 1 unspecified atom stereocenters. The smallest absolute Gasteiger partial charge is 0.326 e. The summed E-state index contributed by atoms with van der Waals surface area (Å²) in [7, 11) is 0. The fraction of sp³-hybridized carbons (Fsp3) is 0.700.